The quantitative estimate of drug-likeness (QED) is 0.825. The molecule has 1 heterocycles. The first-order valence-corrected chi connectivity index (χ1v) is 7.80. The van der Waals surface area contributed by atoms with E-state index in [2.05, 4.69) is 47.2 Å². The molecule has 2 aromatic rings. The summed E-state index contributed by atoms with van der Waals surface area (Å²) in [6, 6.07) is 8.03. The highest BCUT2D eigenvalue weighted by Crippen LogP contribution is 2.23. The molecule has 0 saturated carbocycles. The molecule has 4 nitrogen and oxygen atoms in total. The van der Waals surface area contributed by atoms with Gasteiger partial charge in [0, 0.05) is 36.2 Å². The van der Waals surface area contributed by atoms with Crippen LogP contribution in [0, 0.1) is 0 Å². The Morgan fingerprint density at radius 3 is 2.50 bits per heavy atom. The minimum absolute atomic E-state index is 0.375. The molecule has 0 bridgehead atoms. The topological polar surface area (TPSA) is 55.0 Å². The summed E-state index contributed by atoms with van der Waals surface area (Å²) in [5.74, 6) is 1.31. The summed E-state index contributed by atoms with van der Waals surface area (Å²) in [6.07, 6.45) is 1.09. The van der Waals surface area contributed by atoms with Crippen LogP contribution in [0.2, 0.25) is 0 Å². The van der Waals surface area contributed by atoms with Gasteiger partial charge in [0.15, 0.2) is 0 Å². The Kier molecular flexibility index (Phi) is 4.95. The highest BCUT2D eigenvalue weighted by molar-refractivity contribution is 7.09. The van der Waals surface area contributed by atoms with Gasteiger partial charge in [-0.1, -0.05) is 32.9 Å². The molecule has 1 aromatic heterocycles. The van der Waals surface area contributed by atoms with Crippen molar-refractivity contribution >= 4 is 22.4 Å². The van der Waals surface area contributed by atoms with Crippen molar-refractivity contribution in [3.63, 3.8) is 0 Å². The molecule has 0 radical (unpaired) electrons. The Bertz CT molecular complexity index is 533. The summed E-state index contributed by atoms with van der Waals surface area (Å²) in [5, 5.41) is 1.01. The number of anilines is 2. The molecule has 0 aliphatic carbocycles. The molecular formula is C15H22N4S. The summed E-state index contributed by atoms with van der Waals surface area (Å²) >= 11 is 1.49. The van der Waals surface area contributed by atoms with Gasteiger partial charge in [-0.15, -0.1) is 0 Å². The maximum Gasteiger partial charge on any atom is 0.205 e. The first-order valence-electron chi connectivity index (χ1n) is 7.03. The van der Waals surface area contributed by atoms with Crippen LogP contribution < -0.4 is 10.6 Å². The minimum Gasteiger partial charge on any atom is -0.399 e. The second-order valence-electron chi connectivity index (χ2n) is 5.25. The molecule has 0 fully saturated rings. The Morgan fingerprint density at radius 1 is 1.25 bits per heavy atom. The van der Waals surface area contributed by atoms with Gasteiger partial charge >= 0.3 is 0 Å². The van der Waals surface area contributed by atoms with Crippen LogP contribution in [0.3, 0.4) is 0 Å². The fourth-order valence-electron chi connectivity index (χ4n) is 1.95. The van der Waals surface area contributed by atoms with Gasteiger partial charge in [-0.25, -0.2) is 4.98 Å². The maximum absolute atomic E-state index is 5.73. The normalized spacial score (nSPS) is 11.0. The smallest absolute Gasteiger partial charge is 0.205 e. The van der Waals surface area contributed by atoms with Crippen molar-refractivity contribution in [3.05, 3.63) is 35.7 Å². The predicted molar refractivity (Wildman–Crippen MR) is 86.2 cm³/mol. The van der Waals surface area contributed by atoms with Gasteiger partial charge in [0.25, 0.3) is 0 Å². The molecule has 2 rings (SSSR count). The number of nitrogens with zero attached hydrogens (tertiary/aromatic N) is 3. The van der Waals surface area contributed by atoms with Gasteiger partial charge in [-0.3, -0.25) is 0 Å². The molecule has 20 heavy (non-hydrogen) atoms. The Balaban J connectivity index is 2.15. The molecule has 5 heteroatoms. The molecule has 0 spiro atoms. The van der Waals surface area contributed by atoms with E-state index in [-0.39, 0.29) is 0 Å². The fraction of sp³-hybridized carbons (Fsp3) is 0.467. The van der Waals surface area contributed by atoms with E-state index in [1.54, 1.807) is 0 Å². The number of nitrogen functional groups attached to an aromatic ring is 1. The third kappa shape index (κ3) is 3.70. The second kappa shape index (κ2) is 6.70. The second-order valence-corrected chi connectivity index (χ2v) is 5.98. The van der Waals surface area contributed by atoms with Crippen molar-refractivity contribution in [3.8, 4) is 0 Å². The monoisotopic (exact) mass is 290 g/mol. The summed E-state index contributed by atoms with van der Waals surface area (Å²) in [5.41, 5.74) is 7.77. The van der Waals surface area contributed by atoms with E-state index in [1.807, 2.05) is 12.1 Å². The van der Waals surface area contributed by atoms with Gasteiger partial charge in [0.1, 0.15) is 5.82 Å². The summed E-state index contributed by atoms with van der Waals surface area (Å²) < 4.78 is 4.44. The SMILES string of the molecule is CCCN(Cc1ccc(N)cc1)c1nc(C(C)C)ns1. The molecule has 0 amide bonds. The molecule has 108 valence electrons. The van der Waals surface area contributed by atoms with Crippen molar-refractivity contribution in [1.29, 1.82) is 0 Å². The lowest BCUT2D eigenvalue weighted by atomic mass is 10.2. The van der Waals surface area contributed by atoms with Crippen LogP contribution in [0.4, 0.5) is 10.8 Å². The molecule has 2 N–H and O–H groups in total. The van der Waals surface area contributed by atoms with Crippen molar-refractivity contribution in [2.45, 2.75) is 39.7 Å². The van der Waals surface area contributed by atoms with Crippen LogP contribution in [-0.4, -0.2) is 15.9 Å². The molecule has 0 atom stereocenters. The number of hydrogen-bond donors (Lipinski definition) is 1. The maximum atomic E-state index is 5.73. The number of rotatable bonds is 6. The van der Waals surface area contributed by atoms with E-state index < -0.39 is 0 Å². The average molecular weight is 290 g/mol. The zero-order valence-corrected chi connectivity index (χ0v) is 13.2. The molecular weight excluding hydrogens is 268 g/mol. The number of benzene rings is 1. The Morgan fingerprint density at radius 2 is 1.95 bits per heavy atom. The summed E-state index contributed by atoms with van der Waals surface area (Å²) in [6.45, 7) is 8.25. The molecule has 0 aliphatic heterocycles. The van der Waals surface area contributed by atoms with Gasteiger partial charge in [0.2, 0.25) is 5.13 Å². The van der Waals surface area contributed by atoms with E-state index in [0.717, 1.165) is 36.2 Å². The predicted octanol–water partition coefficient (Wildman–Crippen LogP) is 3.66. The van der Waals surface area contributed by atoms with Crippen LogP contribution in [0.5, 0.6) is 0 Å². The summed E-state index contributed by atoms with van der Waals surface area (Å²) in [7, 11) is 0. The fourth-order valence-corrected chi connectivity index (χ4v) is 2.78. The minimum atomic E-state index is 0.375. The molecule has 1 aromatic carbocycles. The number of nitrogens with two attached hydrogens (primary N) is 1. The third-order valence-corrected chi connectivity index (χ3v) is 3.86. The lowest BCUT2D eigenvalue weighted by Crippen LogP contribution is -2.23. The van der Waals surface area contributed by atoms with Crippen LogP contribution in [-0.2, 0) is 6.54 Å². The van der Waals surface area contributed by atoms with E-state index in [1.165, 1.54) is 17.1 Å². The zero-order chi connectivity index (χ0) is 14.5. The average Bonchev–Trinajstić information content (AvgIpc) is 2.90. The zero-order valence-electron chi connectivity index (χ0n) is 12.3. The first kappa shape index (κ1) is 14.8. The van der Waals surface area contributed by atoms with E-state index >= 15 is 0 Å². The lowest BCUT2D eigenvalue weighted by molar-refractivity contribution is 0.749. The van der Waals surface area contributed by atoms with Crippen molar-refractivity contribution in [1.82, 2.24) is 9.36 Å². The van der Waals surface area contributed by atoms with Crippen LogP contribution in [0.1, 0.15) is 44.5 Å². The number of aromatic nitrogens is 2. The molecule has 0 saturated heterocycles. The molecule has 0 aliphatic rings. The van der Waals surface area contributed by atoms with Crippen LogP contribution >= 0.6 is 11.5 Å². The van der Waals surface area contributed by atoms with Crippen molar-refractivity contribution < 1.29 is 0 Å². The van der Waals surface area contributed by atoms with Gasteiger partial charge in [-0.05, 0) is 24.1 Å². The van der Waals surface area contributed by atoms with E-state index in [9.17, 15) is 0 Å². The Labute approximate surface area is 124 Å². The van der Waals surface area contributed by atoms with Crippen LogP contribution in [0.25, 0.3) is 0 Å². The number of hydrogen-bond acceptors (Lipinski definition) is 5. The molecule has 0 unspecified atom stereocenters. The first-order chi connectivity index (χ1) is 9.60. The van der Waals surface area contributed by atoms with Crippen molar-refractivity contribution in [2.75, 3.05) is 17.2 Å². The van der Waals surface area contributed by atoms with Gasteiger partial charge < -0.3 is 10.6 Å². The largest absolute Gasteiger partial charge is 0.399 e. The van der Waals surface area contributed by atoms with Crippen molar-refractivity contribution in [2.24, 2.45) is 0 Å². The van der Waals surface area contributed by atoms with Gasteiger partial charge in [-0.2, -0.15) is 4.37 Å². The highest BCUT2D eigenvalue weighted by Gasteiger charge is 2.14. The van der Waals surface area contributed by atoms with E-state index in [4.69, 9.17) is 5.73 Å². The third-order valence-electron chi connectivity index (χ3n) is 3.06. The van der Waals surface area contributed by atoms with Gasteiger partial charge in [0.05, 0.1) is 0 Å². The summed E-state index contributed by atoms with van der Waals surface area (Å²) in [4.78, 5) is 6.94. The standard InChI is InChI=1S/C15H22N4S/c1-4-9-19(10-12-5-7-13(16)8-6-12)15-17-14(11(2)3)18-20-15/h5-8,11H,4,9-10,16H2,1-3H3. The highest BCUT2D eigenvalue weighted by atomic mass is 32.1. The van der Waals surface area contributed by atoms with Crippen LogP contribution in [0.15, 0.2) is 24.3 Å². The lowest BCUT2D eigenvalue weighted by Gasteiger charge is -2.20. The Hall–Kier alpha value is -1.62. The van der Waals surface area contributed by atoms with E-state index in [0.29, 0.717) is 5.92 Å².